The van der Waals surface area contributed by atoms with Gasteiger partial charge in [-0.15, -0.1) is 24.8 Å². The van der Waals surface area contributed by atoms with E-state index in [1.165, 1.54) is 12.8 Å². The minimum Gasteiger partial charge on any atom is -0.337 e. The molecule has 0 radical (unpaired) electrons. The number of hydrogen-bond donors (Lipinski definition) is 1. The third-order valence-corrected chi connectivity index (χ3v) is 4.30. The lowest BCUT2D eigenvalue weighted by Gasteiger charge is -2.38. The summed E-state index contributed by atoms with van der Waals surface area (Å²) < 4.78 is 0. The van der Waals surface area contributed by atoms with E-state index in [1.54, 1.807) is 0 Å². The fourth-order valence-electron chi connectivity index (χ4n) is 2.97. The van der Waals surface area contributed by atoms with Crippen LogP contribution >= 0.6 is 24.8 Å². The summed E-state index contributed by atoms with van der Waals surface area (Å²) in [6.45, 7) is 13.9. The molecule has 0 aromatic carbocycles. The molecule has 1 saturated heterocycles. The standard InChI is InChI=1S/C16H33N3O.2ClH/c1-5-10-18(11-6-2)12-7-8-16(20)19-13-9-17-14(3)15(19)4;;/h14-15,17H,5-13H2,1-4H3;2*1H. The van der Waals surface area contributed by atoms with Crippen LogP contribution in [0.5, 0.6) is 0 Å². The first kappa shape index (κ1) is 24.2. The van der Waals surface area contributed by atoms with Crippen LogP contribution in [-0.2, 0) is 4.79 Å². The molecule has 22 heavy (non-hydrogen) atoms. The summed E-state index contributed by atoms with van der Waals surface area (Å²) in [5.74, 6) is 0.332. The van der Waals surface area contributed by atoms with Crippen LogP contribution in [0.15, 0.2) is 0 Å². The minimum absolute atomic E-state index is 0. The maximum Gasteiger partial charge on any atom is 0.222 e. The van der Waals surface area contributed by atoms with Gasteiger partial charge >= 0.3 is 0 Å². The van der Waals surface area contributed by atoms with Gasteiger partial charge in [-0.2, -0.15) is 0 Å². The van der Waals surface area contributed by atoms with Gasteiger partial charge in [-0.25, -0.2) is 0 Å². The van der Waals surface area contributed by atoms with Crippen LogP contribution < -0.4 is 5.32 Å². The molecule has 0 saturated carbocycles. The Balaban J connectivity index is 0. The Kier molecular flexibility index (Phi) is 14.8. The first-order valence-corrected chi connectivity index (χ1v) is 8.35. The molecule has 0 aliphatic carbocycles. The first-order valence-electron chi connectivity index (χ1n) is 8.35. The number of rotatable bonds is 8. The second kappa shape index (κ2) is 13.4. The maximum absolute atomic E-state index is 12.3. The summed E-state index contributed by atoms with van der Waals surface area (Å²) in [5, 5.41) is 3.42. The first-order chi connectivity index (χ1) is 9.60. The zero-order valence-electron chi connectivity index (χ0n) is 14.6. The van der Waals surface area contributed by atoms with Crippen molar-refractivity contribution < 1.29 is 4.79 Å². The molecule has 6 heteroatoms. The molecule has 1 N–H and O–H groups in total. The molecule has 2 atom stereocenters. The molecule has 0 aromatic heterocycles. The molecule has 0 aromatic rings. The van der Waals surface area contributed by atoms with Crippen molar-refractivity contribution in [3.05, 3.63) is 0 Å². The molecular weight excluding hydrogens is 321 g/mol. The van der Waals surface area contributed by atoms with Gasteiger partial charge in [0.2, 0.25) is 5.91 Å². The van der Waals surface area contributed by atoms with Crippen LogP contribution in [0.1, 0.15) is 53.4 Å². The molecule has 1 amide bonds. The van der Waals surface area contributed by atoms with Crippen molar-refractivity contribution in [3.8, 4) is 0 Å². The lowest BCUT2D eigenvalue weighted by atomic mass is 10.1. The highest BCUT2D eigenvalue weighted by molar-refractivity contribution is 5.85. The molecule has 1 aliphatic heterocycles. The lowest BCUT2D eigenvalue weighted by Crippen LogP contribution is -2.57. The Labute approximate surface area is 149 Å². The number of halogens is 2. The molecule has 2 unspecified atom stereocenters. The van der Waals surface area contributed by atoms with E-state index in [0.29, 0.717) is 24.4 Å². The van der Waals surface area contributed by atoms with Crippen LogP contribution in [0, 0.1) is 0 Å². The van der Waals surface area contributed by atoms with Crippen molar-refractivity contribution >= 4 is 30.7 Å². The second-order valence-electron chi connectivity index (χ2n) is 6.02. The van der Waals surface area contributed by atoms with Crippen LogP contribution in [0.25, 0.3) is 0 Å². The molecular formula is C16H35Cl2N3O. The molecule has 4 nitrogen and oxygen atoms in total. The lowest BCUT2D eigenvalue weighted by molar-refractivity contribution is -0.135. The smallest absolute Gasteiger partial charge is 0.222 e. The Morgan fingerprint density at radius 3 is 2.27 bits per heavy atom. The van der Waals surface area contributed by atoms with Gasteiger partial charge in [0.25, 0.3) is 0 Å². The van der Waals surface area contributed by atoms with Crippen LogP contribution in [0.3, 0.4) is 0 Å². The van der Waals surface area contributed by atoms with Gasteiger partial charge in [-0.3, -0.25) is 4.79 Å². The van der Waals surface area contributed by atoms with Gasteiger partial charge in [0.15, 0.2) is 0 Å². The Morgan fingerprint density at radius 1 is 1.14 bits per heavy atom. The van der Waals surface area contributed by atoms with Gasteiger partial charge in [-0.1, -0.05) is 13.8 Å². The van der Waals surface area contributed by atoms with E-state index < -0.39 is 0 Å². The Hall–Kier alpha value is -0.0300. The van der Waals surface area contributed by atoms with E-state index in [4.69, 9.17) is 0 Å². The largest absolute Gasteiger partial charge is 0.337 e. The molecule has 134 valence electrons. The van der Waals surface area contributed by atoms with Crippen molar-refractivity contribution in [2.75, 3.05) is 32.7 Å². The number of carbonyl (C=O) groups is 1. The third kappa shape index (κ3) is 8.00. The molecule has 1 rings (SSSR count). The number of piperazine rings is 1. The summed E-state index contributed by atoms with van der Waals surface area (Å²) in [7, 11) is 0. The van der Waals surface area contributed by atoms with Gasteiger partial charge in [0, 0.05) is 31.6 Å². The summed E-state index contributed by atoms with van der Waals surface area (Å²) in [4.78, 5) is 16.9. The van der Waals surface area contributed by atoms with E-state index in [1.807, 2.05) is 0 Å². The molecule has 1 heterocycles. The van der Waals surface area contributed by atoms with Crippen molar-refractivity contribution in [3.63, 3.8) is 0 Å². The van der Waals surface area contributed by atoms with Gasteiger partial charge in [-0.05, 0) is 52.7 Å². The van der Waals surface area contributed by atoms with Gasteiger partial charge in [0.1, 0.15) is 0 Å². The SMILES string of the molecule is CCCN(CCC)CCCC(=O)N1CCNC(C)C1C.Cl.Cl. The molecule has 0 spiro atoms. The second-order valence-corrected chi connectivity index (χ2v) is 6.02. The number of amides is 1. The van der Waals surface area contributed by atoms with E-state index in [-0.39, 0.29) is 24.8 Å². The van der Waals surface area contributed by atoms with E-state index in [0.717, 1.165) is 39.1 Å². The normalized spacial score (nSPS) is 21.2. The van der Waals surface area contributed by atoms with E-state index in [9.17, 15) is 4.79 Å². The van der Waals surface area contributed by atoms with Crippen LogP contribution in [-0.4, -0.2) is 60.5 Å². The minimum atomic E-state index is 0. The summed E-state index contributed by atoms with van der Waals surface area (Å²) >= 11 is 0. The van der Waals surface area contributed by atoms with Crippen LogP contribution in [0.2, 0.25) is 0 Å². The highest BCUT2D eigenvalue weighted by Crippen LogP contribution is 2.11. The Morgan fingerprint density at radius 2 is 1.73 bits per heavy atom. The zero-order chi connectivity index (χ0) is 15.0. The van der Waals surface area contributed by atoms with Crippen molar-refractivity contribution in [1.82, 2.24) is 15.1 Å². The fourth-order valence-corrected chi connectivity index (χ4v) is 2.97. The number of nitrogens with zero attached hydrogens (tertiary/aromatic N) is 2. The number of carbonyl (C=O) groups excluding carboxylic acids is 1. The summed E-state index contributed by atoms with van der Waals surface area (Å²) in [6.07, 6.45) is 4.07. The van der Waals surface area contributed by atoms with Gasteiger partial charge in [0.05, 0.1) is 0 Å². The van der Waals surface area contributed by atoms with Gasteiger partial charge < -0.3 is 15.1 Å². The molecule has 1 fully saturated rings. The average Bonchev–Trinajstić information content (AvgIpc) is 2.42. The zero-order valence-corrected chi connectivity index (χ0v) is 16.3. The van der Waals surface area contributed by atoms with Crippen LogP contribution in [0.4, 0.5) is 0 Å². The maximum atomic E-state index is 12.3. The average molecular weight is 356 g/mol. The highest BCUT2D eigenvalue weighted by atomic mass is 35.5. The molecule has 1 aliphatic rings. The van der Waals surface area contributed by atoms with E-state index >= 15 is 0 Å². The molecule has 0 bridgehead atoms. The Bertz CT molecular complexity index is 287. The fraction of sp³-hybridized carbons (Fsp3) is 0.938. The van der Waals surface area contributed by atoms with Crippen molar-refractivity contribution in [2.24, 2.45) is 0 Å². The van der Waals surface area contributed by atoms with E-state index in [2.05, 4.69) is 42.8 Å². The predicted octanol–water partition coefficient (Wildman–Crippen LogP) is 2.94. The highest BCUT2D eigenvalue weighted by Gasteiger charge is 2.27. The summed E-state index contributed by atoms with van der Waals surface area (Å²) in [6, 6.07) is 0.725. The number of hydrogen-bond acceptors (Lipinski definition) is 3. The summed E-state index contributed by atoms with van der Waals surface area (Å²) in [5.41, 5.74) is 0. The van der Waals surface area contributed by atoms with Crippen molar-refractivity contribution in [2.45, 2.75) is 65.5 Å². The monoisotopic (exact) mass is 355 g/mol. The quantitative estimate of drug-likeness (QED) is 0.726. The van der Waals surface area contributed by atoms with Crippen molar-refractivity contribution in [1.29, 1.82) is 0 Å². The predicted molar refractivity (Wildman–Crippen MR) is 99.4 cm³/mol. The topological polar surface area (TPSA) is 35.6 Å². The third-order valence-electron chi connectivity index (χ3n) is 4.30. The number of nitrogens with one attached hydrogen (secondary N) is 1.